The van der Waals surface area contributed by atoms with E-state index in [0.717, 1.165) is 11.1 Å². The molecule has 0 aromatic heterocycles. The number of methoxy groups -OCH3 is 1. The monoisotopic (exact) mass is 657 g/mol. The summed E-state index contributed by atoms with van der Waals surface area (Å²) in [4.78, 5) is 66.1. The third kappa shape index (κ3) is 7.49. The number of amides is 3. The molecule has 2 aliphatic rings. The van der Waals surface area contributed by atoms with E-state index in [2.05, 4.69) is 5.32 Å². The molecular weight excluding hydrogens is 626 g/mol. The number of alkyl halides is 3. The third-order valence-corrected chi connectivity index (χ3v) is 8.06. The van der Waals surface area contributed by atoms with E-state index < -0.39 is 59.2 Å². The fourth-order valence-electron chi connectivity index (χ4n) is 5.98. The molecule has 3 aromatic carbocycles. The van der Waals surface area contributed by atoms with Crippen LogP contribution in [0.1, 0.15) is 21.5 Å². The number of carbonyl (C=O) groups excluding carboxylic acids is 4. The molecule has 2 heterocycles. The van der Waals surface area contributed by atoms with E-state index in [1.54, 1.807) is 7.05 Å². The number of aliphatic carboxylic acids is 1. The van der Waals surface area contributed by atoms with Gasteiger partial charge in [-0.05, 0) is 35.4 Å². The number of imide groups is 1. The van der Waals surface area contributed by atoms with Crippen molar-refractivity contribution in [3.8, 4) is 0 Å². The number of fused-ring (bicyclic) bond motifs is 1. The minimum Gasteiger partial charge on any atom is -0.475 e. The maximum atomic E-state index is 14.0. The molecule has 10 nitrogen and oxygen atoms in total. The summed E-state index contributed by atoms with van der Waals surface area (Å²) < 4.78 is 50.4. The maximum Gasteiger partial charge on any atom is 0.490 e. The van der Waals surface area contributed by atoms with Crippen LogP contribution in [0.3, 0.4) is 0 Å². The lowest BCUT2D eigenvalue weighted by Gasteiger charge is -2.33. The maximum absolute atomic E-state index is 14.0. The minimum absolute atomic E-state index is 0.0309. The lowest BCUT2D eigenvalue weighted by atomic mass is 9.76. The van der Waals surface area contributed by atoms with Crippen molar-refractivity contribution in [3.63, 3.8) is 0 Å². The molecule has 3 aromatic rings. The van der Waals surface area contributed by atoms with Crippen LogP contribution in [-0.2, 0) is 36.9 Å². The number of hydrogen-bond donors (Lipinski definition) is 2. The van der Waals surface area contributed by atoms with Gasteiger partial charge < -0.3 is 14.7 Å². The van der Waals surface area contributed by atoms with Gasteiger partial charge in [-0.1, -0.05) is 60.7 Å². The van der Waals surface area contributed by atoms with Crippen molar-refractivity contribution < 1.29 is 51.4 Å². The summed E-state index contributed by atoms with van der Waals surface area (Å²) in [6.07, 6.45) is -4.97. The molecule has 0 aliphatic carbocycles. The lowest BCUT2D eigenvalue weighted by Crippen LogP contribution is -2.59. The second-order valence-corrected chi connectivity index (χ2v) is 11.1. The zero-order valence-electron chi connectivity index (χ0n) is 25.2. The number of nitrogens with zero attached hydrogens (tertiary/aromatic N) is 2. The number of likely N-dealkylation sites (N-methyl/N-ethyl adjacent to an activating group) is 1. The smallest absolute Gasteiger partial charge is 0.475 e. The van der Waals surface area contributed by atoms with Crippen LogP contribution in [0.25, 0.3) is 0 Å². The summed E-state index contributed by atoms with van der Waals surface area (Å²) in [5.74, 6) is -7.04. The molecule has 2 fully saturated rings. The first-order valence-electron chi connectivity index (χ1n) is 14.3. The minimum atomic E-state index is -5.08. The molecule has 2 saturated heterocycles. The fourth-order valence-corrected chi connectivity index (χ4v) is 5.98. The van der Waals surface area contributed by atoms with Crippen molar-refractivity contribution in [1.82, 2.24) is 15.1 Å². The molecule has 14 heteroatoms. The summed E-state index contributed by atoms with van der Waals surface area (Å²) in [7, 11) is 2.83. The average molecular weight is 658 g/mol. The van der Waals surface area contributed by atoms with E-state index in [4.69, 9.17) is 14.6 Å². The van der Waals surface area contributed by atoms with Crippen LogP contribution in [0.5, 0.6) is 0 Å². The number of carboxylic acid groups (broad SMARTS) is 1. The number of rotatable bonds is 8. The SMILES string of the molecule is COC(=O)[C@]1(Cc2ccccc2)N[C@H](CN(C)C(=O)c2ccc(F)cc2)[C@@H]2C(=O)N(Cc3ccccc3)C(=O)[C@@H]21.O=C(O)C(F)(F)F. The Morgan fingerprint density at radius 2 is 1.45 bits per heavy atom. The first-order valence-corrected chi connectivity index (χ1v) is 14.3. The third-order valence-electron chi connectivity index (χ3n) is 8.06. The van der Waals surface area contributed by atoms with Gasteiger partial charge in [-0.2, -0.15) is 13.2 Å². The van der Waals surface area contributed by atoms with Crippen LogP contribution in [0, 0.1) is 17.7 Å². The molecule has 0 bridgehead atoms. The van der Waals surface area contributed by atoms with Gasteiger partial charge in [0.25, 0.3) is 5.91 Å². The van der Waals surface area contributed by atoms with E-state index in [-0.39, 0.29) is 31.0 Å². The Kier molecular flexibility index (Phi) is 10.4. The summed E-state index contributed by atoms with van der Waals surface area (Å²) in [5.41, 5.74) is 0.325. The van der Waals surface area contributed by atoms with E-state index in [9.17, 15) is 36.7 Å². The van der Waals surface area contributed by atoms with Gasteiger partial charge >= 0.3 is 18.1 Å². The average Bonchev–Trinajstić information content (AvgIpc) is 3.50. The summed E-state index contributed by atoms with van der Waals surface area (Å²) >= 11 is 0. The standard InChI is InChI=1S/C31H30FN3O5.C2HF3O2/c1-34(27(36)22-13-15-23(32)16-14-22)19-24-25-26(29(38)35(28(25)37)18-21-11-7-4-8-12-21)31(33-24,30(39)40-2)17-20-9-5-3-6-10-20;3-2(4,5)1(6)7/h3-16,24-26,33H,17-19H2,1-2H3;(H,6,7)/t24-,25+,26-,31-;/m1./s1. The van der Waals surface area contributed by atoms with Crippen LogP contribution >= 0.6 is 0 Å². The molecule has 4 atom stereocenters. The molecule has 3 amide bonds. The fraction of sp³-hybridized carbons (Fsp3) is 0.303. The number of benzene rings is 3. The number of carboxylic acids is 1. The summed E-state index contributed by atoms with van der Waals surface area (Å²) in [5, 5.41) is 10.4. The molecule has 0 radical (unpaired) electrons. The number of hydrogen-bond acceptors (Lipinski definition) is 7. The van der Waals surface area contributed by atoms with Gasteiger partial charge in [0, 0.05) is 31.6 Å². The van der Waals surface area contributed by atoms with Crippen LogP contribution in [0.15, 0.2) is 84.9 Å². The summed E-state index contributed by atoms with van der Waals surface area (Å²) in [6.45, 7) is 0.105. The zero-order valence-corrected chi connectivity index (χ0v) is 25.2. The van der Waals surface area contributed by atoms with Crippen molar-refractivity contribution in [2.75, 3.05) is 20.7 Å². The summed E-state index contributed by atoms with van der Waals surface area (Å²) in [6, 6.07) is 22.8. The highest BCUT2D eigenvalue weighted by Gasteiger charge is 2.68. The van der Waals surface area contributed by atoms with E-state index in [1.807, 2.05) is 60.7 Å². The Bertz CT molecular complexity index is 1620. The Hall–Kier alpha value is -5.11. The van der Waals surface area contributed by atoms with Crippen molar-refractivity contribution in [1.29, 1.82) is 0 Å². The Labute approximate surface area is 266 Å². The Morgan fingerprint density at radius 3 is 1.96 bits per heavy atom. The number of halogens is 4. The van der Waals surface area contributed by atoms with Crippen LogP contribution in [0.4, 0.5) is 17.6 Å². The predicted molar refractivity (Wildman–Crippen MR) is 158 cm³/mol. The second kappa shape index (κ2) is 14.1. The van der Waals surface area contributed by atoms with E-state index in [1.165, 1.54) is 41.2 Å². The number of likely N-dealkylation sites (tertiary alicyclic amines) is 1. The number of nitrogens with one attached hydrogen (secondary N) is 1. The highest BCUT2D eigenvalue weighted by Crippen LogP contribution is 2.45. The van der Waals surface area contributed by atoms with Gasteiger partial charge in [0.2, 0.25) is 11.8 Å². The normalized spacial score (nSPS) is 21.8. The van der Waals surface area contributed by atoms with Crippen LogP contribution < -0.4 is 5.32 Å². The van der Waals surface area contributed by atoms with Gasteiger partial charge in [-0.3, -0.25) is 29.4 Å². The van der Waals surface area contributed by atoms with Crippen molar-refractivity contribution in [2.24, 2.45) is 11.8 Å². The highest BCUT2D eigenvalue weighted by molar-refractivity contribution is 6.09. The van der Waals surface area contributed by atoms with Gasteiger partial charge in [0.15, 0.2) is 0 Å². The van der Waals surface area contributed by atoms with Gasteiger partial charge in [0.05, 0.1) is 25.5 Å². The largest absolute Gasteiger partial charge is 0.490 e. The van der Waals surface area contributed by atoms with Gasteiger partial charge in [-0.25, -0.2) is 9.18 Å². The number of carbonyl (C=O) groups is 5. The van der Waals surface area contributed by atoms with Gasteiger partial charge in [-0.15, -0.1) is 0 Å². The molecule has 0 spiro atoms. The highest BCUT2D eigenvalue weighted by atomic mass is 19.4. The molecule has 2 N–H and O–H groups in total. The zero-order chi connectivity index (χ0) is 34.5. The molecule has 0 unspecified atom stereocenters. The number of esters is 1. The molecule has 0 saturated carbocycles. The van der Waals surface area contributed by atoms with Crippen LogP contribution in [-0.4, -0.2) is 83.0 Å². The van der Waals surface area contributed by atoms with E-state index in [0.29, 0.717) is 0 Å². The van der Waals surface area contributed by atoms with Crippen molar-refractivity contribution in [3.05, 3.63) is 107 Å². The number of ether oxygens (including phenoxy) is 1. The molecule has 248 valence electrons. The second-order valence-electron chi connectivity index (χ2n) is 11.1. The Balaban J connectivity index is 0.000000644. The first kappa shape index (κ1) is 34.8. The first-order chi connectivity index (χ1) is 22.2. The van der Waals surface area contributed by atoms with Crippen molar-refractivity contribution in [2.45, 2.75) is 30.7 Å². The van der Waals surface area contributed by atoms with Crippen molar-refractivity contribution >= 4 is 29.7 Å². The van der Waals surface area contributed by atoms with Crippen LogP contribution in [0.2, 0.25) is 0 Å². The molecular formula is C33H31F4N3O7. The molecule has 5 rings (SSSR count). The van der Waals surface area contributed by atoms with E-state index >= 15 is 0 Å². The quantitative estimate of drug-likeness (QED) is 0.214. The lowest BCUT2D eigenvalue weighted by molar-refractivity contribution is -0.192. The Morgan fingerprint density at radius 1 is 0.915 bits per heavy atom. The molecule has 2 aliphatic heterocycles. The topological polar surface area (TPSA) is 133 Å². The van der Waals surface area contributed by atoms with Gasteiger partial charge in [0.1, 0.15) is 11.4 Å². The predicted octanol–water partition coefficient (Wildman–Crippen LogP) is 3.46. The molecule has 47 heavy (non-hydrogen) atoms.